The molecule has 5 rings (SSSR count). The molecule has 1 amide bonds. The molecule has 0 fully saturated rings. The van der Waals surface area contributed by atoms with Crippen LogP contribution in [0.2, 0.25) is 0 Å². The molecule has 1 aliphatic carbocycles. The molecule has 3 aromatic carbocycles. The molecular weight excluding hydrogens is 390 g/mol. The van der Waals surface area contributed by atoms with E-state index in [1.165, 1.54) is 22.3 Å². The van der Waals surface area contributed by atoms with Gasteiger partial charge in [-0.1, -0.05) is 42.5 Å². The van der Waals surface area contributed by atoms with Crippen LogP contribution in [0, 0.1) is 0 Å². The number of nitrogens with zero attached hydrogens (tertiary/aromatic N) is 2. The molecule has 0 radical (unpaired) electrons. The smallest absolute Gasteiger partial charge is 0.255 e. The Bertz CT molecular complexity index is 1220. The fourth-order valence-corrected chi connectivity index (χ4v) is 4.51. The van der Waals surface area contributed by atoms with Crippen molar-refractivity contribution in [1.82, 2.24) is 9.97 Å². The third-order valence-corrected chi connectivity index (χ3v) is 6.15. The van der Waals surface area contributed by atoms with Crippen molar-refractivity contribution < 1.29 is 4.79 Å². The summed E-state index contributed by atoms with van der Waals surface area (Å²) in [7, 11) is 0. The number of hydrogen-bond acceptors (Lipinski definition) is 4. The van der Waals surface area contributed by atoms with E-state index in [1.807, 2.05) is 30.3 Å². The molecule has 146 valence electrons. The lowest BCUT2D eigenvalue weighted by atomic mass is 10.1. The summed E-state index contributed by atoms with van der Waals surface area (Å²) in [6.07, 6.45) is 5.99. The summed E-state index contributed by atoms with van der Waals surface area (Å²) in [5.41, 5.74) is 7.68. The molecule has 0 unspecified atom stereocenters. The summed E-state index contributed by atoms with van der Waals surface area (Å²) < 4.78 is 0. The number of carbonyl (C=O) groups excluding carboxylic acids is 1. The Kier molecular flexibility index (Phi) is 5.03. The number of rotatable bonds is 5. The average Bonchev–Trinajstić information content (AvgIpc) is 3.16. The van der Waals surface area contributed by atoms with Crippen LogP contribution >= 0.6 is 11.8 Å². The number of fused-ring (bicyclic) bond motifs is 3. The van der Waals surface area contributed by atoms with Gasteiger partial charge in [0.2, 0.25) is 0 Å². The Hall–Kier alpha value is -3.44. The van der Waals surface area contributed by atoms with Crippen molar-refractivity contribution in [2.24, 2.45) is 0 Å². The molecule has 0 atom stereocenters. The number of carbonyl (C=O) groups is 1. The highest BCUT2D eigenvalue weighted by Crippen LogP contribution is 2.37. The van der Waals surface area contributed by atoms with Crippen LogP contribution in [0.15, 0.2) is 90.3 Å². The van der Waals surface area contributed by atoms with Gasteiger partial charge in [-0.2, -0.15) is 0 Å². The monoisotopic (exact) mass is 409 g/mol. The highest BCUT2D eigenvalue weighted by molar-refractivity contribution is 7.98. The van der Waals surface area contributed by atoms with Crippen molar-refractivity contribution in [3.05, 3.63) is 108 Å². The van der Waals surface area contributed by atoms with E-state index in [2.05, 4.69) is 51.7 Å². The summed E-state index contributed by atoms with van der Waals surface area (Å²) in [5.74, 6) is 0.633. The summed E-state index contributed by atoms with van der Waals surface area (Å²) in [6.45, 7) is 0. The van der Waals surface area contributed by atoms with Crippen molar-refractivity contribution in [3.63, 3.8) is 0 Å². The van der Waals surface area contributed by atoms with E-state index < -0.39 is 0 Å². The van der Waals surface area contributed by atoms with E-state index in [0.29, 0.717) is 5.56 Å². The first-order valence-electron chi connectivity index (χ1n) is 9.76. The van der Waals surface area contributed by atoms with E-state index >= 15 is 0 Å². The molecule has 4 nitrogen and oxygen atoms in total. The second-order valence-electron chi connectivity index (χ2n) is 7.19. The van der Waals surface area contributed by atoms with Crippen molar-refractivity contribution in [2.45, 2.75) is 17.2 Å². The van der Waals surface area contributed by atoms with Crippen molar-refractivity contribution >= 4 is 23.4 Å². The molecule has 1 heterocycles. The number of anilines is 1. The normalized spacial score (nSPS) is 11.6. The van der Waals surface area contributed by atoms with Crippen LogP contribution < -0.4 is 5.32 Å². The quantitative estimate of drug-likeness (QED) is 0.384. The minimum absolute atomic E-state index is 0.100. The molecule has 4 aromatic rings. The largest absolute Gasteiger partial charge is 0.322 e. The lowest BCUT2D eigenvalue weighted by Gasteiger charge is -2.09. The van der Waals surface area contributed by atoms with Gasteiger partial charge in [0.15, 0.2) is 0 Å². The Morgan fingerprint density at radius 2 is 1.83 bits per heavy atom. The predicted octanol–water partition coefficient (Wildman–Crippen LogP) is 5.59. The van der Waals surface area contributed by atoms with Gasteiger partial charge in [-0.25, -0.2) is 4.98 Å². The highest BCUT2D eigenvalue weighted by Gasteiger charge is 2.18. The number of aromatic nitrogens is 2. The van der Waals surface area contributed by atoms with Gasteiger partial charge >= 0.3 is 0 Å². The number of amides is 1. The summed E-state index contributed by atoms with van der Waals surface area (Å²) >= 11 is 1.60. The van der Waals surface area contributed by atoms with Crippen LogP contribution in [0.4, 0.5) is 5.69 Å². The molecule has 0 bridgehead atoms. The number of hydrogen-bond donors (Lipinski definition) is 1. The predicted molar refractivity (Wildman–Crippen MR) is 121 cm³/mol. The molecule has 0 spiro atoms. The van der Waals surface area contributed by atoms with Gasteiger partial charge in [0, 0.05) is 29.4 Å². The molecule has 30 heavy (non-hydrogen) atoms. The molecule has 0 aliphatic heterocycles. The standard InChI is InChI=1S/C25H19N3OS/c29-25(19-6-3-4-17(12-19)16-30-24-15-26-10-11-27-24)28-21-8-9-23-20(14-21)13-18-5-1-2-7-22(18)23/h1-12,14-15H,13,16H2,(H,28,29). The Morgan fingerprint density at radius 1 is 0.933 bits per heavy atom. The third-order valence-electron chi connectivity index (χ3n) is 5.17. The van der Waals surface area contributed by atoms with Crippen molar-refractivity contribution in [3.8, 4) is 11.1 Å². The van der Waals surface area contributed by atoms with E-state index in [1.54, 1.807) is 30.4 Å². The zero-order valence-corrected chi connectivity index (χ0v) is 17.0. The first kappa shape index (κ1) is 18.6. The van der Waals surface area contributed by atoms with E-state index in [9.17, 15) is 4.79 Å². The molecule has 0 saturated heterocycles. The maximum Gasteiger partial charge on any atom is 0.255 e. The minimum Gasteiger partial charge on any atom is -0.322 e. The summed E-state index contributed by atoms with van der Waals surface area (Å²) in [4.78, 5) is 21.2. The molecular formula is C25H19N3OS. The van der Waals surface area contributed by atoms with Gasteiger partial charge in [0.1, 0.15) is 5.03 Å². The van der Waals surface area contributed by atoms with Crippen LogP contribution in [-0.4, -0.2) is 15.9 Å². The van der Waals surface area contributed by atoms with Gasteiger partial charge < -0.3 is 5.32 Å². The van der Waals surface area contributed by atoms with Crippen LogP contribution in [0.1, 0.15) is 27.0 Å². The van der Waals surface area contributed by atoms with Crippen LogP contribution in [0.5, 0.6) is 0 Å². The topological polar surface area (TPSA) is 54.9 Å². The summed E-state index contributed by atoms with van der Waals surface area (Å²) in [5, 5.41) is 3.91. The van der Waals surface area contributed by atoms with E-state index in [4.69, 9.17) is 0 Å². The van der Waals surface area contributed by atoms with Crippen molar-refractivity contribution in [2.75, 3.05) is 5.32 Å². The van der Waals surface area contributed by atoms with Gasteiger partial charge in [0.05, 0.1) is 6.20 Å². The molecule has 0 saturated carbocycles. The Morgan fingerprint density at radius 3 is 2.73 bits per heavy atom. The Balaban J connectivity index is 1.29. The van der Waals surface area contributed by atoms with E-state index in [0.717, 1.165) is 28.5 Å². The zero-order valence-electron chi connectivity index (χ0n) is 16.2. The number of nitrogens with one attached hydrogen (secondary N) is 1. The van der Waals surface area contributed by atoms with E-state index in [-0.39, 0.29) is 5.91 Å². The molecule has 5 heteroatoms. The molecule has 1 N–H and O–H groups in total. The Labute approximate surface area is 179 Å². The average molecular weight is 410 g/mol. The van der Waals surface area contributed by atoms with Gasteiger partial charge in [0.25, 0.3) is 5.91 Å². The summed E-state index contributed by atoms with van der Waals surface area (Å²) in [6, 6.07) is 22.3. The lowest BCUT2D eigenvalue weighted by Crippen LogP contribution is -2.12. The van der Waals surface area contributed by atoms with Gasteiger partial charge in [-0.05, 0) is 58.5 Å². The zero-order chi connectivity index (χ0) is 20.3. The molecule has 1 aromatic heterocycles. The maximum atomic E-state index is 12.8. The SMILES string of the molecule is O=C(Nc1ccc2c(c1)Cc1ccccc1-2)c1cccc(CSc2cnccn2)c1. The fourth-order valence-electron chi connectivity index (χ4n) is 3.75. The van der Waals surface area contributed by atoms with Gasteiger partial charge in [-0.15, -0.1) is 11.8 Å². The van der Waals surface area contributed by atoms with Crippen molar-refractivity contribution in [1.29, 1.82) is 0 Å². The van der Waals surface area contributed by atoms with Crippen LogP contribution in [0.25, 0.3) is 11.1 Å². The fraction of sp³-hybridized carbons (Fsp3) is 0.0800. The van der Waals surface area contributed by atoms with Gasteiger partial charge in [-0.3, -0.25) is 9.78 Å². The third kappa shape index (κ3) is 3.84. The number of benzene rings is 3. The number of thioether (sulfide) groups is 1. The van der Waals surface area contributed by atoms with Crippen LogP contribution in [-0.2, 0) is 12.2 Å². The molecule has 1 aliphatic rings. The van der Waals surface area contributed by atoms with Crippen LogP contribution in [0.3, 0.4) is 0 Å². The minimum atomic E-state index is -0.100. The lowest BCUT2D eigenvalue weighted by molar-refractivity contribution is 0.102. The second-order valence-corrected chi connectivity index (χ2v) is 8.19. The maximum absolute atomic E-state index is 12.8. The highest BCUT2D eigenvalue weighted by atomic mass is 32.2. The first-order valence-corrected chi connectivity index (χ1v) is 10.8. The first-order chi connectivity index (χ1) is 14.8. The second kappa shape index (κ2) is 8.13.